The predicted molar refractivity (Wildman–Crippen MR) is 54.8 cm³/mol. The van der Waals surface area contributed by atoms with Gasteiger partial charge in [0.1, 0.15) is 6.54 Å². The summed E-state index contributed by atoms with van der Waals surface area (Å²) >= 11 is 0. The predicted octanol–water partition coefficient (Wildman–Crippen LogP) is 0.730. The fourth-order valence-electron chi connectivity index (χ4n) is 1.01. The lowest BCUT2D eigenvalue weighted by atomic mass is 10.2. The van der Waals surface area contributed by atoms with Crippen molar-refractivity contribution in [2.75, 3.05) is 19.0 Å². The van der Waals surface area contributed by atoms with Crippen LogP contribution in [0.3, 0.4) is 0 Å². The molecule has 0 aliphatic carbocycles. The van der Waals surface area contributed by atoms with E-state index in [1.165, 1.54) is 7.11 Å². The first-order chi connectivity index (χ1) is 6.76. The van der Waals surface area contributed by atoms with E-state index in [1.54, 1.807) is 0 Å². The fourth-order valence-corrected chi connectivity index (χ4v) is 1.01. The third-order valence-corrected chi connectivity index (χ3v) is 1.85. The lowest BCUT2D eigenvalue weighted by Gasteiger charge is -2.05. The first kappa shape index (κ1) is 10.5. The molecule has 0 saturated heterocycles. The number of anilines is 1. The monoisotopic (exact) mass is 194 g/mol. The summed E-state index contributed by atoms with van der Waals surface area (Å²) in [6, 6.07) is 7.59. The maximum absolute atomic E-state index is 10.8. The van der Waals surface area contributed by atoms with E-state index in [9.17, 15) is 4.79 Å². The zero-order valence-electron chi connectivity index (χ0n) is 8.12. The average molecular weight is 194 g/mol. The van der Waals surface area contributed by atoms with Gasteiger partial charge in [-0.3, -0.25) is 4.79 Å². The Kier molecular flexibility index (Phi) is 3.94. The van der Waals surface area contributed by atoms with E-state index in [2.05, 4.69) is 10.1 Å². The minimum atomic E-state index is -0.284. The van der Waals surface area contributed by atoms with Gasteiger partial charge in [-0.1, -0.05) is 12.1 Å². The summed E-state index contributed by atoms with van der Waals surface area (Å²) in [7, 11) is 1.36. The van der Waals surface area contributed by atoms with Crippen molar-refractivity contribution >= 4 is 11.7 Å². The van der Waals surface area contributed by atoms with Gasteiger partial charge in [-0.05, 0) is 17.7 Å². The molecule has 0 aliphatic heterocycles. The number of carbonyl (C=O) groups excluding carboxylic acids is 1. The van der Waals surface area contributed by atoms with Gasteiger partial charge in [0.25, 0.3) is 0 Å². The third kappa shape index (κ3) is 3.06. The lowest BCUT2D eigenvalue weighted by molar-refractivity contribution is -0.138. The molecule has 0 amide bonds. The van der Waals surface area contributed by atoms with Crippen LogP contribution in [0.5, 0.6) is 0 Å². The molecule has 0 aliphatic rings. The number of carbonyl (C=O) groups is 1. The second-order valence-corrected chi connectivity index (χ2v) is 2.83. The molecule has 0 spiro atoms. The van der Waals surface area contributed by atoms with Crippen LogP contribution in [-0.4, -0.2) is 19.6 Å². The second-order valence-electron chi connectivity index (χ2n) is 2.83. The van der Waals surface area contributed by atoms with Crippen LogP contribution in [-0.2, 0) is 16.1 Å². The number of hydrogen-bond acceptors (Lipinski definition) is 4. The zero-order chi connectivity index (χ0) is 10.4. The maximum Gasteiger partial charge on any atom is 0.325 e. The molecule has 0 atom stereocenters. The van der Waals surface area contributed by atoms with Crippen LogP contribution in [0.15, 0.2) is 24.3 Å². The molecule has 0 saturated carbocycles. The van der Waals surface area contributed by atoms with Crippen molar-refractivity contribution in [3.63, 3.8) is 0 Å². The van der Waals surface area contributed by atoms with E-state index < -0.39 is 0 Å². The highest BCUT2D eigenvalue weighted by Gasteiger charge is 1.98. The van der Waals surface area contributed by atoms with Crippen LogP contribution in [0.25, 0.3) is 0 Å². The van der Waals surface area contributed by atoms with Crippen LogP contribution in [0.1, 0.15) is 5.56 Å². The molecule has 0 aromatic heterocycles. The normalized spacial score (nSPS) is 9.57. The van der Waals surface area contributed by atoms with Crippen LogP contribution in [0.4, 0.5) is 5.69 Å². The molecular weight excluding hydrogens is 180 g/mol. The summed E-state index contributed by atoms with van der Waals surface area (Å²) in [5, 5.41) is 2.93. The first-order valence-electron chi connectivity index (χ1n) is 4.36. The molecule has 0 fully saturated rings. The van der Waals surface area contributed by atoms with Gasteiger partial charge in [0, 0.05) is 12.2 Å². The van der Waals surface area contributed by atoms with E-state index in [0.717, 1.165) is 11.3 Å². The summed E-state index contributed by atoms with van der Waals surface area (Å²) in [4.78, 5) is 10.8. The second kappa shape index (κ2) is 5.24. The van der Waals surface area contributed by atoms with Crippen molar-refractivity contribution in [1.82, 2.24) is 0 Å². The van der Waals surface area contributed by atoms with Crippen LogP contribution >= 0.6 is 0 Å². The molecule has 0 unspecified atom stereocenters. The third-order valence-electron chi connectivity index (χ3n) is 1.85. The van der Waals surface area contributed by atoms with Crippen LogP contribution in [0.2, 0.25) is 0 Å². The highest BCUT2D eigenvalue weighted by Crippen LogP contribution is 2.08. The van der Waals surface area contributed by atoms with Crippen molar-refractivity contribution in [3.05, 3.63) is 29.8 Å². The first-order valence-corrected chi connectivity index (χ1v) is 4.36. The van der Waals surface area contributed by atoms with Crippen molar-refractivity contribution in [2.24, 2.45) is 5.73 Å². The summed E-state index contributed by atoms with van der Waals surface area (Å²) in [5.74, 6) is -0.284. The van der Waals surface area contributed by atoms with Crippen molar-refractivity contribution < 1.29 is 9.53 Å². The average Bonchev–Trinajstić information content (AvgIpc) is 2.26. The number of rotatable bonds is 4. The van der Waals surface area contributed by atoms with Gasteiger partial charge in [0.2, 0.25) is 0 Å². The fraction of sp³-hybridized carbons (Fsp3) is 0.300. The molecule has 1 rings (SSSR count). The Balaban J connectivity index is 2.47. The topological polar surface area (TPSA) is 64.3 Å². The molecule has 1 aromatic rings. The Hall–Kier alpha value is -1.55. The van der Waals surface area contributed by atoms with Gasteiger partial charge in [-0.15, -0.1) is 0 Å². The molecule has 0 radical (unpaired) electrons. The van der Waals surface area contributed by atoms with E-state index >= 15 is 0 Å². The van der Waals surface area contributed by atoms with E-state index in [0.29, 0.717) is 6.54 Å². The number of benzene rings is 1. The molecule has 0 heterocycles. The van der Waals surface area contributed by atoms with Crippen LogP contribution < -0.4 is 11.1 Å². The molecule has 0 bridgehead atoms. The van der Waals surface area contributed by atoms with E-state index in [1.807, 2.05) is 24.3 Å². The van der Waals surface area contributed by atoms with Gasteiger partial charge in [-0.2, -0.15) is 0 Å². The van der Waals surface area contributed by atoms with Gasteiger partial charge in [-0.25, -0.2) is 0 Å². The molecule has 1 aromatic carbocycles. The van der Waals surface area contributed by atoms with Crippen molar-refractivity contribution in [2.45, 2.75) is 6.54 Å². The Morgan fingerprint density at radius 1 is 1.43 bits per heavy atom. The van der Waals surface area contributed by atoms with Crippen molar-refractivity contribution in [3.8, 4) is 0 Å². The van der Waals surface area contributed by atoms with Crippen molar-refractivity contribution in [1.29, 1.82) is 0 Å². The lowest BCUT2D eigenvalue weighted by Crippen LogP contribution is -2.14. The largest absolute Gasteiger partial charge is 0.468 e. The Morgan fingerprint density at radius 3 is 2.57 bits per heavy atom. The maximum atomic E-state index is 10.8. The smallest absolute Gasteiger partial charge is 0.325 e. The Morgan fingerprint density at radius 2 is 2.07 bits per heavy atom. The summed E-state index contributed by atoms with van der Waals surface area (Å²) in [6.07, 6.45) is 0. The van der Waals surface area contributed by atoms with Crippen LogP contribution in [0, 0.1) is 0 Å². The minimum Gasteiger partial charge on any atom is -0.468 e. The molecule has 76 valence electrons. The van der Waals surface area contributed by atoms with Gasteiger partial charge in [0.05, 0.1) is 7.11 Å². The Bertz CT molecular complexity index is 295. The highest BCUT2D eigenvalue weighted by atomic mass is 16.5. The van der Waals surface area contributed by atoms with Gasteiger partial charge < -0.3 is 15.8 Å². The van der Waals surface area contributed by atoms with E-state index in [-0.39, 0.29) is 12.5 Å². The molecule has 4 heteroatoms. The summed E-state index contributed by atoms with van der Waals surface area (Å²) in [5.41, 5.74) is 7.39. The van der Waals surface area contributed by atoms with Gasteiger partial charge >= 0.3 is 5.97 Å². The number of nitrogens with one attached hydrogen (secondary N) is 1. The SMILES string of the molecule is COC(=O)CNc1ccc(CN)cc1. The molecule has 14 heavy (non-hydrogen) atoms. The summed E-state index contributed by atoms with van der Waals surface area (Å²) < 4.78 is 4.50. The number of esters is 1. The zero-order valence-corrected chi connectivity index (χ0v) is 8.12. The number of nitrogens with two attached hydrogens (primary N) is 1. The number of methoxy groups -OCH3 is 1. The highest BCUT2D eigenvalue weighted by molar-refractivity contribution is 5.74. The minimum absolute atomic E-state index is 0.179. The Labute approximate surface area is 83.1 Å². The van der Waals surface area contributed by atoms with Gasteiger partial charge in [0.15, 0.2) is 0 Å². The summed E-state index contributed by atoms with van der Waals surface area (Å²) in [6.45, 7) is 0.704. The number of ether oxygens (including phenoxy) is 1. The molecular formula is C10H14N2O2. The van der Waals surface area contributed by atoms with E-state index in [4.69, 9.17) is 5.73 Å². The standard InChI is InChI=1S/C10H14N2O2/c1-14-10(13)7-12-9-4-2-8(6-11)3-5-9/h2-5,12H,6-7,11H2,1H3. The molecule has 3 N–H and O–H groups in total. The number of hydrogen-bond donors (Lipinski definition) is 2. The quantitative estimate of drug-likeness (QED) is 0.693. The molecule has 4 nitrogen and oxygen atoms in total.